The normalized spacial score (nSPS) is 19.6. The zero-order valence-corrected chi connectivity index (χ0v) is 17.0. The van der Waals surface area contributed by atoms with Crippen LogP contribution in [0.3, 0.4) is 0 Å². The Hall–Kier alpha value is -1.01. The largest absolute Gasteiger partial charge is 0.355 e. The minimum atomic E-state index is 0.415. The summed E-state index contributed by atoms with van der Waals surface area (Å²) in [6.07, 6.45) is 6.65. The Kier molecular flexibility index (Phi) is 5.08. The van der Waals surface area contributed by atoms with Gasteiger partial charge in [0.1, 0.15) is 10.8 Å². The fraction of sp³-hybridized carbons (Fsp3) is 0.474. The number of benzene rings is 1. The highest BCUT2D eigenvalue weighted by molar-refractivity contribution is 7.99. The molecule has 1 spiro atoms. The molecule has 0 unspecified atom stereocenters. The van der Waals surface area contributed by atoms with Gasteiger partial charge < -0.3 is 10.6 Å². The molecule has 138 valence electrons. The first-order valence-electron chi connectivity index (χ1n) is 8.92. The summed E-state index contributed by atoms with van der Waals surface area (Å²) in [6.45, 7) is 4.06. The number of hydrogen-bond donors (Lipinski definition) is 1. The van der Waals surface area contributed by atoms with E-state index in [0.717, 1.165) is 34.5 Å². The molecule has 4 nitrogen and oxygen atoms in total. The third kappa shape index (κ3) is 3.55. The fourth-order valence-electron chi connectivity index (χ4n) is 4.05. The van der Waals surface area contributed by atoms with Crippen molar-refractivity contribution >= 4 is 40.8 Å². The van der Waals surface area contributed by atoms with E-state index >= 15 is 0 Å². The topological polar surface area (TPSA) is 55.0 Å². The van der Waals surface area contributed by atoms with Gasteiger partial charge in [0, 0.05) is 24.0 Å². The Morgan fingerprint density at radius 2 is 1.96 bits per heavy atom. The number of aromatic nitrogens is 2. The number of hydrogen-bond acceptors (Lipinski definition) is 5. The van der Waals surface area contributed by atoms with Gasteiger partial charge in [0.2, 0.25) is 0 Å². The number of piperidine rings is 1. The van der Waals surface area contributed by atoms with Gasteiger partial charge in [0.05, 0.1) is 21.9 Å². The van der Waals surface area contributed by atoms with Crippen LogP contribution in [0.4, 0.5) is 5.82 Å². The van der Waals surface area contributed by atoms with Crippen molar-refractivity contribution in [2.75, 3.05) is 18.0 Å². The molecule has 1 saturated carbocycles. The number of nitrogens with two attached hydrogens (primary N) is 1. The lowest BCUT2D eigenvalue weighted by molar-refractivity contribution is 0.0711. The lowest BCUT2D eigenvalue weighted by Gasteiger charge is -2.51. The smallest absolute Gasteiger partial charge is 0.147 e. The van der Waals surface area contributed by atoms with E-state index in [1.807, 2.05) is 25.3 Å². The highest BCUT2D eigenvalue weighted by atomic mass is 35.5. The van der Waals surface area contributed by atoms with Crippen LogP contribution in [0.1, 0.15) is 31.4 Å². The van der Waals surface area contributed by atoms with Crippen LogP contribution in [0, 0.1) is 12.3 Å². The molecule has 1 aliphatic heterocycles. The Morgan fingerprint density at radius 3 is 2.62 bits per heavy atom. The van der Waals surface area contributed by atoms with Crippen LogP contribution >= 0.6 is 35.0 Å². The van der Waals surface area contributed by atoms with E-state index in [1.165, 1.54) is 37.4 Å². The minimum Gasteiger partial charge on any atom is -0.355 e. The van der Waals surface area contributed by atoms with Crippen LogP contribution in [0.25, 0.3) is 0 Å². The van der Waals surface area contributed by atoms with E-state index in [1.54, 1.807) is 6.07 Å². The van der Waals surface area contributed by atoms with Crippen molar-refractivity contribution in [1.82, 2.24) is 9.97 Å². The van der Waals surface area contributed by atoms with Crippen molar-refractivity contribution in [2.45, 2.75) is 48.6 Å². The van der Waals surface area contributed by atoms with Gasteiger partial charge in [-0.3, -0.25) is 0 Å². The lowest BCUT2D eigenvalue weighted by Crippen LogP contribution is -2.52. The average Bonchev–Trinajstić information content (AvgIpc) is 2.60. The van der Waals surface area contributed by atoms with E-state index in [0.29, 0.717) is 21.5 Å². The van der Waals surface area contributed by atoms with Crippen LogP contribution in [0.15, 0.2) is 34.3 Å². The van der Waals surface area contributed by atoms with Gasteiger partial charge in [0.15, 0.2) is 0 Å². The minimum absolute atomic E-state index is 0.415. The molecule has 4 rings (SSSR count). The molecule has 26 heavy (non-hydrogen) atoms. The highest BCUT2D eigenvalue weighted by Gasteiger charge is 2.44. The van der Waals surface area contributed by atoms with E-state index in [2.05, 4.69) is 9.88 Å². The second-order valence-corrected chi connectivity index (χ2v) is 9.24. The number of halogens is 2. The van der Waals surface area contributed by atoms with Crippen molar-refractivity contribution in [3.63, 3.8) is 0 Å². The third-order valence-electron chi connectivity index (χ3n) is 5.55. The molecule has 1 aromatic heterocycles. The molecule has 2 heterocycles. The Balaban J connectivity index is 1.46. The molecule has 1 aromatic carbocycles. The molecule has 0 bridgehead atoms. The first kappa shape index (κ1) is 18.4. The Bertz CT molecular complexity index is 813. The van der Waals surface area contributed by atoms with Crippen molar-refractivity contribution in [3.8, 4) is 0 Å². The van der Waals surface area contributed by atoms with Crippen LogP contribution in [-0.2, 0) is 0 Å². The van der Waals surface area contributed by atoms with Crippen molar-refractivity contribution in [2.24, 2.45) is 11.1 Å². The maximum Gasteiger partial charge on any atom is 0.147 e. The molecule has 2 fully saturated rings. The van der Waals surface area contributed by atoms with Gasteiger partial charge in [-0.1, -0.05) is 41.0 Å². The summed E-state index contributed by atoms with van der Waals surface area (Å²) in [7, 11) is 0. The Labute approximate surface area is 168 Å². The summed E-state index contributed by atoms with van der Waals surface area (Å²) in [5.41, 5.74) is 7.40. The second-order valence-electron chi connectivity index (χ2n) is 7.43. The monoisotopic (exact) mass is 408 g/mol. The summed E-state index contributed by atoms with van der Waals surface area (Å²) < 4.78 is 0. The number of aryl methyl sites for hydroxylation is 1. The van der Waals surface area contributed by atoms with Crippen molar-refractivity contribution in [3.05, 3.63) is 40.1 Å². The quantitative estimate of drug-likeness (QED) is 0.777. The molecular formula is C19H22Cl2N4S. The molecule has 0 radical (unpaired) electrons. The number of anilines is 1. The van der Waals surface area contributed by atoms with Gasteiger partial charge in [-0.05, 0) is 50.2 Å². The molecule has 0 amide bonds. The number of rotatable bonds is 3. The van der Waals surface area contributed by atoms with E-state index in [-0.39, 0.29) is 0 Å². The number of nitrogens with zero attached hydrogens (tertiary/aromatic N) is 3. The average molecular weight is 409 g/mol. The summed E-state index contributed by atoms with van der Waals surface area (Å²) >= 11 is 13.9. The van der Waals surface area contributed by atoms with Crippen LogP contribution in [0.2, 0.25) is 10.0 Å². The standard InChI is InChI=1S/C19H22Cl2N4S/c1-12-18(26-15-4-2-3-14(20)17(15)21)23-11-16(24-12)25-7-5-19(6-8-25)9-13(22)10-19/h2-4,11,13H,5-10,22H2,1H3. The first-order chi connectivity index (χ1) is 12.5. The Morgan fingerprint density at radius 1 is 1.23 bits per heavy atom. The maximum absolute atomic E-state index is 6.29. The zero-order valence-electron chi connectivity index (χ0n) is 14.7. The predicted molar refractivity (Wildman–Crippen MR) is 108 cm³/mol. The molecule has 1 saturated heterocycles. The molecule has 2 aromatic rings. The third-order valence-corrected chi connectivity index (χ3v) is 7.64. The predicted octanol–water partition coefficient (Wildman–Crippen LogP) is 4.95. The summed E-state index contributed by atoms with van der Waals surface area (Å²) in [4.78, 5) is 12.7. The molecular weight excluding hydrogens is 387 g/mol. The van der Waals surface area contributed by atoms with Gasteiger partial charge >= 0.3 is 0 Å². The van der Waals surface area contributed by atoms with Gasteiger partial charge in [0.25, 0.3) is 0 Å². The van der Waals surface area contributed by atoms with Gasteiger partial charge in [-0.25, -0.2) is 9.97 Å². The molecule has 2 N–H and O–H groups in total. The fourth-order valence-corrected chi connectivity index (χ4v) is 5.37. The molecule has 2 aliphatic rings. The van der Waals surface area contributed by atoms with Gasteiger partial charge in [-0.15, -0.1) is 0 Å². The van der Waals surface area contributed by atoms with Crippen LogP contribution in [0.5, 0.6) is 0 Å². The molecule has 1 aliphatic carbocycles. The molecule has 7 heteroatoms. The van der Waals surface area contributed by atoms with Crippen molar-refractivity contribution in [1.29, 1.82) is 0 Å². The van der Waals surface area contributed by atoms with E-state index < -0.39 is 0 Å². The van der Waals surface area contributed by atoms with Gasteiger partial charge in [-0.2, -0.15) is 0 Å². The molecule has 0 atom stereocenters. The summed E-state index contributed by atoms with van der Waals surface area (Å²) in [5.74, 6) is 0.961. The zero-order chi connectivity index (χ0) is 18.3. The first-order valence-corrected chi connectivity index (χ1v) is 10.5. The maximum atomic E-state index is 6.29. The van der Waals surface area contributed by atoms with E-state index in [4.69, 9.17) is 33.9 Å². The summed E-state index contributed by atoms with van der Waals surface area (Å²) in [6, 6.07) is 6.04. The van der Waals surface area contributed by atoms with Crippen molar-refractivity contribution < 1.29 is 0 Å². The highest BCUT2D eigenvalue weighted by Crippen LogP contribution is 2.48. The summed E-state index contributed by atoms with van der Waals surface area (Å²) in [5, 5.41) is 1.97. The van der Waals surface area contributed by atoms with Crippen LogP contribution < -0.4 is 10.6 Å². The lowest BCUT2D eigenvalue weighted by atomic mass is 9.61. The van der Waals surface area contributed by atoms with Crippen LogP contribution in [-0.4, -0.2) is 29.1 Å². The van der Waals surface area contributed by atoms with E-state index in [9.17, 15) is 0 Å². The second kappa shape index (κ2) is 7.19. The SMILES string of the molecule is Cc1nc(N2CCC3(CC2)CC(N)C3)cnc1Sc1cccc(Cl)c1Cl.